The van der Waals surface area contributed by atoms with Crippen molar-refractivity contribution in [2.75, 3.05) is 16.6 Å². The van der Waals surface area contributed by atoms with Crippen LogP contribution in [0.5, 0.6) is 5.75 Å². The second kappa shape index (κ2) is 7.86. The molecule has 2 heterocycles. The fraction of sp³-hybridized carbons (Fsp3) is 0.458. The molecule has 2 aliphatic rings. The zero-order valence-corrected chi connectivity index (χ0v) is 19.4. The summed E-state index contributed by atoms with van der Waals surface area (Å²) in [5.74, 6) is 0.728. The molecule has 1 saturated heterocycles. The number of fused-ring (bicyclic) bond motifs is 1. The van der Waals surface area contributed by atoms with Crippen LogP contribution in [0.1, 0.15) is 66.2 Å². The molecular weight excluding hydrogens is 412 g/mol. The van der Waals surface area contributed by atoms with Crippen LogP contribution in [0.4, 0.5) is 5.69 Å². The highest BCUT2D eigenvalue weighted by molar-refractivity contribution is 7.92. The highest BCUT2D eigenvalue weighted by atomic mass is 32.2. The molecule has 31 heavy (non-hydrogen) atoms. The van der Waals surface area contributed by atoms with E-state index in [0.717, 1.165) is 28.9 Å². The lowest BCUT2D eigenvalue weighted by Crippen LogP contribution is -2.41. The summed E-state index contributed by atoms with van der Waals surface area (Å²) in [6, 6.07) is 11.1. The second-order valence-electron chi connectivity index (χ2n) is 9.23. The van der Waals surface area contributed by atoms with E-state index in [-0.39, 0.29) is 17.7 Å². The molecule has 1 atom stereocenters. The average molecular weight is 443 g/mol. The summed E-state index contributed by atoms with van der Waals surface area (Å²) in [6.07, 6.45) is 2.15. The van der Waals surface area contributed by atoms with Gasteiger partial charge in [-0.3, -0.25) is 9.10 Å². The minimum Gasteiger partial charge on any atom is -0.487 e. The third kappa shape index (κ3) is 4.42. The standard InChI is InChI=1S/C24H30N2O4S/c1-16-7-10-19-20(15-24(3,4)30-22(19)13-16)25-23(27)18-9-8-17(2)21(14-18)26-11-5-6-12-31(26,28)29/h7-10,13-14,20H,5-6,11-12,15H2,1-4H3,(H,25,27). The van der Waals surface area contributed by atoms with E-state index in [9.17, 15) is 13.2 Å². The van der Waals surface area contributed by atoms with Crippen molar-refractivity contribution >= 4 is 21.6 Å². The van der Waals surface area contributed by atoms with E-state index < -0.39 is 15.6 Å². The van der Waals surface area contributed by atoms with Gasteiger partial charge in [-0.2, -0.15) is 0 Å². The summed E-state index contributed by atoms with van der Waals surface area (Å²) in [5, 5.41) is 3.15. The highest BCUT2D eigenvalue weighted by Crippen LogP contribution is 2.40. The Morgan fingerprint density at radius 3 is 2.65 bits per heavy atom. The first-order valence-corrected chi connectivity index (χ1v) is 12.4. The fourth-order valence-corrected chi connectivity index (χ4v) is 6.10. The molecule has 6 nitrogen and oxygen atoms in total. The zero-order valence-electron chi connectivity index (χ0n) is 18.6. The van der Waals surface area contributed by atoms with Crippen molar-refractivity contribution in [3.8, 4) is 5.75 Å². The largest absolute Gasteiger partial charge is 0.487 e. The van der Waals surface area contributed by atoms with Gasteiger partial charge in [0, 0.05) is 24.1 Å². The van der Waals surface area contributed by atoms with Gasteiger partial charge in [0.15, 0.2) is 0 Å². The van der Waals surface area contributed by atoms with Crippen LogP contribution >= 0.6 is 0 Å². The molecule has 4 rings (SSSR count). The number of amides is 1. The van der Waals surface area contributed by atoms with Gasteiger partial charge in [0.2, 0.25) is 10.0 Å². The number of hydrogen-bond acceptors (Lipinski definition) is 4. The quantitative estimate of drug-likeness (QED) is 0.770. The van der Waals surface area contributed by atoms with E-state index in [0.29, 0.717) is 30.6 Å². The first kappa shape index (κ1) is 21.7. The maximum atomic E-state index is 13.2. The Morgan fingerprint density at radius 1 is 1.13 bits per heavy atom. The summed E-state index contributed by atoms with van der Waals surface area (Å²) in [5.41, 5.74) is 3.56. The first-order chi connectivity index (χ1) is 14.6. The number of benzene rings is 2. The van der Waals surface area contributed by atoms with Crippen molar-refractivity contribution in [1.82, 2.24) is 5.32 Å². The number of ether oxygens (including phenoxy) is 1. The summed E-state index contributed by atoms with van der Waals surface area (Å²) < 4.78 is 32.7. The highest BCUT2D eigenvalue weighted by Gasteiger charge is 2.35. The molecule has 7 heteroatoms. The fourth-order valence-electron chi connectivity index (χ4n) is 4.41. The predicted molar refractivity (Wildman–Crippen MR) is 122 cm³/mol. The number of sulfonamides is 1. The molecule has 1 fully saturated rings. The summed E-state index contributed by atoms with van der Waals surface area (Å²) in [4.78, 5) is 13.2. The van der Waals surface area contributed by atoms with Gasteiger partial charge in [0.1, 0.15) is 11.4 Å². The number of hydrogen-bond donors (Lipinski definition) is 1. The van der Waals surface area contributed by atoms with Crippen LogP contribution in [-0.2, 0) is 10.0 Å². The lowest BCUT2D eigenvalue weighted by molar-refractivity contribution is 0.0619. The molecule has 2 aromatic carbocycles. The summed E-state index contributed by atoms with van der Waals surface area (Å²) >= 11 is 0. The third-order valence-electron chi connectivity index (χ3n) is 6.02. The molecule has 2 aromatic rings. The van der Waals surface area contributed by atoms with Crippen molar-refractivity contribution in [1.29, 1.82) is 0 Å². The molecule has 1 amide bonds. The van der Waals surface area contributed by atoms with E-state index in [4.69, 9.17) is 4.74 Å². The normalized spacial score (nSPS) is 21.7. The Bertz CT molecular complexity index is 1120. The number of nitrogens with zero attached hydrogens (tertiary/aromatic N) is 1. The van der Waals surface area contributed by atoms with Gasteiger partial charge in [0.25, 0.3) is 5.91 Å². The molecule has 0 radical (unpaired) electrons. The van der Waals surface area contributed by atoms with Crippen LogP contribution in [0.2, 0.25) is 0 Å². The Kier molecular flexibility index (Phi) is 5.50. The molecule has 0 spiro atoms. The average Bonchev–Trinajstić information content (AvgIpc) is 2.67. The molecule has 0 saturated carbocycles. The van der Waals surface area contributed by atoms with Gasteiger partial charge in [-0.15, -0.1) is 0 Å². The van der Waals surface area contributed by atoms with Crippen LogP contribution in [-0.4, -0.2) is 32.2 Å². The second-order valence-corrected chi connectivity index (χ2v) is 11.2. The molecular formula is C24H30N2O4S. The molecule has 1 unspecified atom stereocenters. The number of rotatable bonds is 3. The predicted octanol–water partition coefficient (Wildman–Crippen LogP) is 4.27. The van der Waals surface area contributed by atoms with Gasteiger partial charge in [-0.1, -0.05) is 18.2 Å². The Morgan fingerprint density at radius 2 is 1.90 bits per heavy atom. The van der Waals surface area contributed by atoms with Crippen LogP contribution in [0.25, 0.3) is 0 Å². The molecule has 2 aliphatic heterocycles. The maximum absolute atomic E-state index is 13.2. The third-order valence-corrected chi connectivity index (χ3v) is 7.88. The zero-order chi connectivity index (χ0) is 22.4. The number of nitrogens with one attached hydrogen (secondary N) is 1. The van der Waals surface area contributed by atoms with E-state index in [2.05, 4.69) is 5.32 Å². The van der Waals surface area contributed by atoms with Crippen LogP contribution in [0, 0.1) is 13.8 Å². The molecule has 166 valence electrons. The maximum Gasteiger partial charge on any atom is 0.251 e. The number of aryl methyl sites for hydroxylation is 2. The topological polar surface area (TPSA) is 75.7 Å². The van der Waals surface area contributed by atoms with Crippen molar-refractivity contribution < 1.29 is 17.9 Å². The molecule has 0 aliphatic carbocycles. The van der Waals surface area contributed by atoms with E-state index >= 15 is 0 Å². The summed E-state index contributed by atoms with van der Waals surface area (Å²) in [6.45, 7) is 8.38. The molecule has 0 bridgehead atoms. The van der Waals surface area contributed by atoms with Crippen molar-refractivity contribution in [2.45, 2.75) is 58.6 Å². The van der Waals surface area contributed by atoms with Crippen LogP contribution in [0.3, 0.4) is 0 Å². The minimum absolute atomic E-state index is 0.149. The molecule has 1 N–H and O–H groups in total. The van der Waals surface area contributed by atoms with Crippen molar-refractivity contribution in [3.05, 3.63) is 58.7 Å². The van der Waals surface area contributed by atoms with Crippen LogP contribution < -0.4 is 14.4 Å². The number of anilines is 1. The first-order valence-electron chi connectivity index (χ1n) is 10.8. The Labute approximate surface area is 184 Å². The van der Waals surface area contributed by atoms with E-state index in [1.807, 2.05) is 52.0 Å². The van der Waals surface area contributed by atoms with Gasteiger partial charge in [0.05, 0.1) is 17.5 Å². The van der Waals surface area contributed by atoms with Crippen molar-refractivity contribution in [2.24, 2.45) is 0 Å². The lowest BCUT2D eigenvalue weighted by atomic mass is 9.89. The van der Waals surface area contributed by atoms with Gasteiger partial charge in [-0.05, 0) is 69.9 Å². The SMILES string of the molecule is Cc1ccc2c(c1)OC(C)(C)CC2NC(=O)c1ccc(C)c(N2CCCCS2(=O)=O)c1. The monoisotopic (exact) mass is 442 g/mol. The minimum atomic E-state index is -3.34. The van der Waals surface area contributed by atoms with Crippen LogP contribution in [0.15, 0.2) is 36.4 Å². The Hall–Kier alpha value is -2.54. The van der Waals surface area contributed by atoms with E-state index in [1.165, 1.54) is 4.31 Å². The number of carbonyl (C=O) groups excluding carboxylic acids is 1. The van der Waals surface area contributed by atoms with E-state index in [1.54, 1.807) is 12.1 Å². The number of carbonyl (C=O) groups is 1. The van der Waals surface area contributed by atoms with Gasteiger partial charge in [-0.25, -0.2) is 8.42 Å². The van der Waals surface area contributed by atoms with Gasteiger partial charge >= 0.3 is 0 Å². The summed E-state index contributed by atoms with van der Waals surface area (Å²) in [7, 11) is -3.34. The Balaban J connectivity index is 1.63. The smallest absolute Gasteiger partial charge is 0.251 e. The molecule has 0 aromatic heterocycles. The van der Waals surface area contributed by atoms with Gasteiger partial charge < -0.3 is 10.1 Å². The van der Waals surface area contributed by atoms with Crippen molar-refractivity contribution in [3.63, 3.8) is 0 Å². The lowest BCUT2D eigenvalue weighted by Gasteiger charge is -2.38.